The summed E-state index contributed by atoms with van der Waals surface area (Å²) < 4.78 is 5.54. The van der Waals surface area contributed by atoms with Gasteiger partial charge in [0.05, 0.1) is 12.1 Å². The summed E-state index contributed by atoms with van der Waals surface area (Å²) in [7, 11) is 0. The lowest BCUT2D eigenvalue weighted by atomic mass is 10.0. The van der Waals surface area contributed by atoms with E-state index in [1.807, 2.05) is 0 Å². The molecule has 1 saturated heterocycles. The monoisotopic (exact) mass is 345 g/mol. The van der Waals surface area contributed by atoms with Gasteiger partial charge in [-0.25, -0.2) is 4.79 Å². The number of benzene rings is 1. The van der Waals surface area contributed by atoms with E-state index in [9.17, 15) is 14.4 Å². The van der Waals surface area contributed by atoms with Crippen molar-refractivity contribution in [2.24, 2.45) is 5.92 Å². The topological polar surface area (TPSA) is 72.9 Å². The molecule has 134 valence electrons. The maximum absolute atomic E-state index is 12.5. The summed E-state index contributed by atoms with van der Waals surface area (Å²) in [6, 6.07) is 7.79. The van der Waals surface area contributed by atoms with Gasteiger partial charge in [-0.3, -0.25) is 9.59 Å². The van der Waals surface area contributed by atoms with E-state index < -0.39 is 18.0 Å². The van der Waals surface area contributed by atoms with Crippen LogP contribution in [0.1, 0.15) is 49.4 Å². The Hall–Kier alpha value is -2.21. The van der Waals surface area contributed by atoms with Crippen molar-refractivity contribution in [3.63, 3.8) is 0 Å². The maximum Gasteiger partial charge on any atom is 0.357 e. The Morgan fingerprint density at radius 3 is 2.72 bits per heavy atom. The number of ketones is 1. The van der Waals surface area contributed by atoms with Crippen LogP contribution < -0.4 is 0 Å². The highest BCUT2D eigenvalue weighted by Gasteiger charge is 2.43. The molecule has 1 saturated carbocycles. The van der Waals surface area contributed by atoms with Crippen LogP contribution in [0.15, 0.2) is 30.3 Å². The van der Waals surface area contributed by atoms with Gasteiger partial charge in [-0.15, -0.1) is 5.06 Å². The lowest BCUT2D eigenvalue weighted by Crippen LogP contribution is -2.49. The van der Waals surface area contributed by atoms with Crippen LogP contribution in [0.3, 0.4) is 0 Å². The fraction of sp³-hybridized carbons (Fsp3) is 0.526. The van der Waals surface area contributed by atoms with Crippen molar-refractivity contribution in [3.05, 3.63) is 35.9 Å². The van der Waals surface area contributed by atoms with Crippen LogP contribution >= 0.6 is 0 Å². The zero-order valence-corrected chi connectivity index (χ0v) is 14.3. The summed E-state index contributed by atoms with van der Waals surface area (Å²) in [6.45, 7) is 2.02. The van der Waals surface area contributed by atoms with Crippen molar-refractivity contribution < 1.29 is 24.0 Å². The smallest absolute Gasteiger partial charge is 0.357 e. The van der Waals surface area contributed by atoms with Crippen molar-refractivity contribution >= 4 is 17.7 Å². The molecule has 2 fully saturated rings. The second-order valence-electron chi connectivity index (χ2n) is 6.67. The molecule has 0 radical (unpaired) electrons. The van der Waals surface area contributed by atoms with Gasteiger partial charge in [-0.1, -0.05) is 31.5 Å². The largest absolute Gasteiger partial charge is 0.461 e. The van der Waals surface area contributed by atoms with E-state index in [-0.39, 0.29) is 18.4 Å². The molecule has 3 rings (SSSR count). The third-order valence-electron chi connectivity index (χ3n) is 4.64. The molecule has 6 heteroatoms. The molecule has 1 heterocycles. The molecule has 0 N–H and O–H groups in total. The molecule has 1 aliphatic heterocycles. The average Bonchev–Trinajstić information content (AvgIpc) is 3.33. The highest BCUT2D eigenvalue weighted by atomic mass is 16.7. The molecule has 6 nitrogen and oxygen atoms in total. The molecule has 0 bridgehead atoms. The van der Waals surface area contributed by atoms with Gasteiger partial charge in [0.2, 0.25) is 0 Å². The fourth-order valence-electron chi connectivity index (χ4n) is 3.14. The maximum atomic E-state index is 12.5. The summed E-state index contributed by atoms with van der Waals surface area (Å²) in [5.74, 6) is -0.597. The number of nitrogens with zero attached hydrogens (tertiary/aromatic N) is 1. The minimum atomic E-state index is -0.715. The fourth-order valence-corrected chi connectivity index (χ4v) is 3.14. The number of hydrogen-bond donors (Lipinski definition) is 0. The second kappa shape index (κ2) is 7.78. The Labute approximate surface area is 147 Å². The molecule has 1 aliphatic carbocycles. The van der Waals surface area contributed by atoms with Crippen molar-refractivity contribution in [2.45, 2.75) is 51.2 Å². The molecular formula is C19H23NO5. The molecule has 1 aromatic rings. The molecular weight excluding hydrogens is 322 g/mol. The average molecular weight is 345 g/mol. The summed E-state index contributed by atoms with van der Waals surface area (Å²) >= 11 is 0. The first-order valence-electron chi connectivity index (χ1n) is 8.84. The van der Waals surface area contributed by atoms with Crippen molar-refractivity contribution in [1.29, 1.82) is 0 Å². The van der Waals surface area contributed by atoms with E-state index in [0.717, 1.165) is 19.3 Å². The van der Waals surface area contributed by atoms with Gasteiger partial charge in [-0.05, 0) is 37.3 Å². The van der Waals surface area contributed by atoms with E-state index in [1.54, 1.807) is 30.3 Å². The highest BCUT2D eigenvalue weighted by Crippen LogP contribution is 2.38. The van der Waals surface area contributed by atoms with Crippen molar-refractivity contribution in [1.82, 2.24) is 5.06 Å². The zero-order valence-electron chi connectivity index (χ0n) is 14.3. The van der Waals surface area contributed by atoms with Crippen molar-refractivity contribution in [3.8, 4) is 0 Å². The number of carbonyl (C=O) groups is 3. The summed E-state index contributed by atoms with van der Waals surface area (Å²) in [4.78, 5) is 41.8. The minimum absolute atomic E-state index is 0.0308. The van der Waals surface area contributed by atoms with Gasteiger partial charge in [0.15, 0.2) is 0 Å². The standard InChI is InChI=1S/C19H23NO5/c1-2-6-14-11-17(14)24-19(23)16-10-9-15(21)12-20(16)25-18(22)13-7-4-3-5-8-13/h3-5,7-8,14,16-17H,2,6,9-12H2,1H3/t14?,16-,17?/m0/s1. The number of ether oxygens (including phenoxy) is 1. The first-order chi connectivity index (χ1) is 12.1. The first kappa shape index (κ1) is 17.6. The second-order valence-corrected chi connectivity index (χ2v) is 6.67. The zero-order chi connectivity index (χ0) is 17.8. The van der Waals surface area contributed by atoms with E-state index in [4.69, 9.17) is 9.57 Å². The number of hydroxylamine groups is 2. The highest BCUT2D eigenvalue weighted by molar-refractivity contribution is 5.90. The normalized spacial score (nSPS) is 26.1. The third-order valence-corrected chi connectivity index (χ3v) is 4.64. The summed E-state index contributed by atoms with van der Waals surface area (Å²) in [6.07, 6.45) is 3.59. The number of esters is 1. The van der Waals surface area contributed by atoms with Gasteiger partial charge < -0.3 is 9.57 Å². The van der Waals surface area contributed by atoms with Gasteiger partial charge in [0, 0.05) is 6.42 Å². The number of carbonyl (C=O) groups excluding carboxylic acids is 3. The number of hydrogen-bond acceptors (Lipinski definition) is 6. The third kappa shape index (κ3) is 4.45. The Kier molecular flexibility index (Phi) is 5.48. The van der Waals surface area contributed by atoms with Crippen LogP contribution in [0.5, 0.6) is 0 Å². The van der Waals surface area contributed by atoms with Crippen LogP contribution in [0, 0.1) is 5.92 Å². The van der Waals surface area contributed by atoms with Gasteiger partial charge in [0.25, 0.3) is 0 Å². The van der Waals surface area contributed by atoms with Crippen molar-refractivity contribution in [2.75, 3.05) is 6.54 Å². The summed E-state index contributed by atoms with van der Waals surface area (Å²) in [5.41, 5.74) is 0.373. The Morgan fingerprint density at radius 2 is 2.00 bits per heavy atom. The Bertz CT molecular complexity index is 644. The van der Waals surface area contributed by atoms with Crippen LogP contribution in [-0.4, -0.2) is 41.5 Å². The first-order valence-corrected chi connectivity index (χ1v) is 8.84. The number of Topliss-reactive ketones (excluding diaryl/α,β-unsaturated/α-hetero) is 1. The molecule has 0 spiro atoms. The van der Waals surface area contributed by atoms with Crippen LogP contribution in [0.25, 0.3) is 0 Å². The summed E-state index contributed by atoms with van der Waals surface area (Å²) in [5, 5.41) is 1.18. The van der Waals surface area contributed by atoms with Gasteiger partial charge in [-0.2, -0.15) is 0 Å². The Balaban J connectivity index is 1.61. The van der Waals surface area contributed by atoms with Crippen LogP contribution in [0.4, 0.5) is 0 Å². The SMILES string of the molecule is CCCC1CC1OC(=O)[C@@H]1CCC(=O)CN1OC(=O)c1ccccc1. The lowest BCUT2D eigenvalue weighted by Gasteiger charge is -2.31. The quantitative estimate of drug-likeness (QED) is 0.738. The number of piperidine rings is 1. The minimum Gasteiger partial charge on any atom is -0.461 e. The lowest BCUT2D eigenvalue weighted by molar-refractivity contribution is -0.185. The van der Waals surface area contributed by atoms with Gasteiger partial charge >= 0.3 is 11.9 Å². The molecule has 1 aromatic carbocycles. The van der Waals surface area contributed by atoms with E-state index in [0.29, 0.717) is 24.3 Å². The molecule has 25 heavy (non-hydrogen) atoms. The molecule has 0 aromatic heterocycles. The Morgan fingerprint density at radius 1 is 1.24 bits per heavy atom. The van der Waals surface area contributed by atoms with Crippen LogP contribution in [-0.2, 0) is 19.2 Å². The number of rotatable bonds is 6. The van der Waals surface area contributed by atoms with E-state index in [1.165, 1.54) is 5.06 Å². The molecule has 2 aliphatic rings. The molecule has 0 amide bonds. The molecule has 2 unspecified atom stereocenters. The van der Waals surface area contributed by atoms with Gasteiger partial charge in [0.1, 0.15) is 17.9 Å². The predicted molar refractivity (Wildman–Crippen MR) is 89.5 cm³/mol. The van der Waals surface area contributed by atoms with E-state index in [2.05, 4.69) is 6.92 Å². The van der Waals surface area contributed by atoms with Crippen LogP contribution in [0.2, 0.25) is 0 Å². The molecule has 3 atom stereocenters. The predicted octanol–water partition coefficient (Wildman–Crippen LogP) is 2.52. The van der Waals surface area contributed by atoms with E-state index >= 15 is 0 Å².